The molecular formula is C17H27ClN2O. The van der Waals surface area contributed by atoms with Crippen LogP contribution in [0.2, 0.25) is 0 Å². The van der Waals surface area contributed by atoms with Crippen LogP contribution in [0, 0.1) is 0 Å². The third-order valence-corrected chi connectivity index (χ3v) is 4.55. The Labute approximate surface area is 134 Å². The Balaban J connectivity index is 0.00000161. The van der Waals surface area contributed by atoms with E-state index in [9.17, 15) is 0 Å². The molecule has 0 saturated carbocycles. The van der Waals surface area contributed by atoms with Crippen molar-refractivity contribution in [2.75, 3.05) is 32.8 Å². The molecule has 118 valence electrons. The summed E-state index contributed by atoms with van der Waals surface area (Å²) in [6, 6.07) is 10.5. The van der Waals surface area contributed by atoms with Crippen LogP contribution in [0.1, 0.15) is 31.2 Å². The fourth-order valence-electron chi connectivity index (χ4n) is 3.48. The summed E-state index contributed by atoms with van der Waals surface area (Å²) in [4.78, 5) is 2.60. The molecule has 0 unspecified atom stereocenters. The van der Waals surface area contributed by atoms with Crippen molar-refractivity contribution in [3.8, 4) is 0 Å². The summed E-state index contributed by atoms with van der Waals surface area (Å²) < 4.78 is 6.03. The van der Waals surface area contributed by atoms with E-state index >= 15 is 0 Å². The van der Waals surface area contributed by atoms with E-state index in [1.807, 2.05) is 0 Å². The first kappa shape index (κ1) is 16.8. The number of likely N-dealkylation sites (tertiary alicyclic amines) is 1. The minimum absolute atomic E-state index is 0. The average Bonchev–Trinajstić information content (AvgIpc) is 3.13. The lowest BCUT2D eigenvalue weighted by Crippen LogP contribution is -2.52. The Morgan fingerprint density at radius 2 is 1.86 bits per heavy atom. The molecule has 2 aliphatic rings. The zero-order chi connectivity index (χ0) is 13.7. The van der Waals surface area contributed by atoms with E-state index in [-0.39, 0.29) is 17.9 Å². The normalized spacial score (nSPS) is 25.9. The Morgan fingerprint density at radius 1 is 1.10 bits per heavy atom. The van der Waals surface area contributed by atoms with E-state index in [1.165, 1.54) is 44.3 Å². The van der Waals surface area contributed by atoms with E-state index in [0.717, 1.165) is 26.3 Å². The molecule has 0 amide bonds. The second-order valence-corrected chi connectivity index (χ2v) is 6.27. The molecule has 1 aromatic rings. The van der Waals surface area contributed by atoms with Crippen LogP contribution < -0.4 is 5.32 Å². The number of ether oxygens (including phenoxy) is 1. The van der Waals surface area contributed by atoms with Crippen LogP contribution in [0.5, 0.6) is 0 Å². The topological polar surface area (TPSA) is 24.5 Å². The molecule has 2 heterocycles. The van der Waals surface area contributed by atoms with Crippen molar-refractivity contribution in [3.63, 3.8) is 0 Å². The van der Waals surface area contributed by atoms with Crippen molar-refractivity contribution in [3.05, 3.63) is 35.9 Å². The lowest BCUT2D eigenvalue weighted by Gasteiger charge is -2.33. The summed E-state index contributed by atoms with van der Waals surface area (Å²) in [7, 11) is 0. The summed E-state index contributed by atoms with van der Waals surface area (Å²) >= 11 is 0. The van der Waals surface area contributed by atoms with E-state index in [4.69, 9.17) is 4.74 Å². The van der Waals surface area contributed by atoms with Crippen LogP contribution in [0.25, 0.3) is 0 Å². The molecule has 3 rings (SSSR count). The summed E-state index contributed by atoms with van der Waals surface area (Å²) in [5.74, 6) is 0. The number of rotatable bonds is 6. The molecule has 0 bridgehead atoms. The number of hydrogen-bond acceptors (Lipinski definition) is 3. The molecule has 3 nitrogen and oxygen atoms in total. The molecule has 1 atom stereocenters. The van der Waals surface area contributed by atoms with Gasteiger partial charge in [-0.2, -0.15) is 0 Å². The molecule has 0 aliphatic carbocycles. The van der Waals surface area contributed by atoms with Crippen molar-refractivity contribution >= 4 is 12.4 Å². The first-order chi connectivity index (χ1) is 9.86. The first-order valence-electron chi connectivity index (χ1n) is 7.95. The van der Waals surface area contributed by atoms with Gasteiger partial charge in [-0.15, -0.1) is 12.4 Å². The van der Waals surface area contributed by atoms with Gasteiger partial charge in [-0.1, -0.05) is 30.3 Å². The summed E-state index contributed by atoms with van der Waals surface area (Å²) in [5.41, 5.74) is 1.46. The standard InChI is InChI=1S/C17H26N2O.ClH/c1-2-7-16(8-3-1)13-20-15-17(9-6-10-18-17)14-19-11-4-5-12-19;/h1-3,7-8,18H,4-6,9-15H2;1H/t17-;/m0./s1. The fraction of sp³-hybridized carbons (Fsp3) is 0.647. The Bertz CT molecular complexity index is 401. The highest BCUT2D eigenvalue weighted by Crippen LogP contribution is 2.23. The molecule has 2 fully saturated rings. The molecule has 2 aliphatic heterocycles. The van der Waals surface area contributed by atoms with Crippen LogP contribution in [-0.2, 0) is 11.3 Å². The third-order valence-electron chi connectivity index (χ3n) is 4.55. The summed E-state index contributed by atoms with van der Waals surface area (Å²) in [6.45, 7) is 6.39. The zero-order valence-electron chi connectivity index (χ0n) is 12.7. The molecular weight excluding hydrogens is 284 g/mol. The average molecular weight is 311 g/mol. The maximum Gasteiger partial charge on any atom is 0.0717 e. The first-order valence-corrected chi connectivity index (χ1v) is 7.95. The van der Waals surface area contributed by atoms with Gasteiger partial charge in [0.05, 0.1) is 18.8 Å². The summed E-state index contributed by atoms with van der Waals surface area (Å²) in [5, 5.41) is 3.72. The predicted octanol–water partition coefficient (Wildman–Crippen LogP) is 2.84. The van der Waals surface area contributed by atoms with Gasteiger partial charge < -0.3 is 15.0 Å². The highest BCUT2D eigenvalue weighted by molar-refractivity contribution is 5.85. The minimum Gasteiger partial charge on any atom is -0.375 e. The van der Waals surface area contributed by atoms with Gasteiger partial charge in [0.1, 0.15) is 0 Å². The molecule has 1 N–H and O–H groups in total. The Morgan fingerprint density at radius 3 is 2.52 bits per heavy atom. The van der Waals surface area contributed by atoms with Crippen molar-refractivity contribution in [1.82, 2.24) is 10.2 Å². The van der Waals surface area contributed by atoms with Gasteiger partial charge in [-0.05, 0) is 50.9 Å². The van der Waals surface area contributed by atoms with Gasteiger partial charge in [-0.25, -0.2) is 0 Å². The Kier molecular flexibility index (Phi) is 6.49. The molecule has 1 aromatic carbocycles. The van der Waals surface area contributed by atoms with E-state index in [0.29, 0.717) is 0 Å². The van der Waals surface area contributed by atoms with Crippen LogP contribution in [-0.4, -0.2) is 43.2 Å². The van der Waals surface area contributed by atoms with Crippen LogP contribution in [0.4, 0.5) is 0 Å². The van der Waals surface area contributed by atoms with Gasteiger partial charge in [0.25, 0.3) is 0 Å². The largest absolute Gasteiger partial charge is 0.375 e. The van der Waals surface area contributed by atoms with Gasteiger partial charge in [0, 0.05) is 6.54 Å². The van der Waals surface area contributed by atoms with Crippen LogP contribution in [0.15, 0.2) is 30.3 Å². The Hall–Kier alpha value is -0.610. The lowest BCUT2D eigenvalue weighted by molar-refractivity contribution is 0.0495. The lowest BCUT2D eigenvalue weighted by atomic mass is 9.98. The molecule has 0 spiro atoms. The van der Waals surface area contributed by atoms with E-state index in [1.54, 1.807) is 0 Å². The van der Waals surface area contributed by atoms with Gasteiger partial charge >= 0.3 is 0 Å². The molecule has 0 radical (unpaired) electrons. The van der Waals surface area contributed by atoms with Crippen molar-refractivity contribution in [1.29, 1.82) is 0 Å². The highest BCUT2D eigenvalue weighted by Gasteiger charge is 2.36. The van der Waals surface area contributed by atoms with Crippen molar-refractivity contribution < 1.29 is 4.74 Å². The molecule has 4 heteroatoms. The third kappa shape index (κ3) is 4.68. The number of nitrogens with one attached hydrogen (secondary N) is 1. The van der Waals surface area contributed by atoms with Crippen molar-refractivity contribution in [2.24, 2.45) is 0 Å². The molecule has 0 aromatic heterocycles. The maximum absolute atomic E-state index is 6.03. The number of halogens is 1. The number of nitrogens with zero attached hydrogens (tertiary/aromatic N) is 1. The maximum atomic E-state index is 6.03. The highest BCUT2D eigenvalue weighted by atomic mass is 35.5. The monoisotopic (exact) mass is 310 g/mol. The quantitative estimate of drug-likeness (QED) is 0.874. The smallest absolute Gasteiger partial charge is 0.0717 e. The fourth-order valence-corrected chi connectivity index (χ4v) is 3.48. The number of hydrogen-bond donors (Lipinski definition) is 1. The van der Waals surface area contributed by atoms with Gasteiger partial charge in [0.15, 0.2) is 0 Å². The SMILES string of the molecule is Cl.c1ccc(COC[C@@]2(CN3CCCC3)CCCN2)cc1. The van der Waals surface area contributed by atoms with Crippen LogP contribution in [0.3, 0.4) is 0 Å². The second-order valence-electron chi connectivity index (χ2n) is 6.27. The van der Waals surface area contributed by atoms with Gasteiger partial charge in [0.2, 0.25) is 0 Å². The molecule has 21 heavy (non-hydrogen) atoms. The zero-order valence-corrected chi connectivity index (χ0v) is 13.5. The van der Waals surface area contributed by atoms with E-state index in [2.05, 4.69) is 40.5 Å². The second kappa shape index (κ2) is 8.14. The summed E-state index contributed by atoms with van der Waals surface area (Å²) in [6.07, 6.45) is 5.25. The number of benzene rings is 1. The van der Waals surface area contributed by atoms with Crippen molar-refractivity contribution in [2.45, 2.75) is 37.8 Å². The minimum atomic E-state index is 0. The van der Waals surface area contributed by atoms with Crippen LogP contribution >= 0.6 is 12.4 Å². The molecule has 2 saturated heterocycles. The van der Waals surface area contributed by atoms with E-state index < -0.39 is 0 Å². The predicted molar refractivity (Wildman–Crippen MR) is 89.0 cm³/mol. The van der Waals surface area contributed by atoms with Gasteiger partial charge in [-0.3, -0.25) is 0 Å².